The molecule has 0 bridgehead atoms. The third kappa shape index (κ3) is 2.83. The third-order valence-corrected chi connectivity index (χ3v) is 2.87. The normalized spacial score (nSPS) is 23.9. The Kier molecular flexibility index (Phi) is 4.50. The summed E-state index contributed by atoms with van der Waals surface area (Å²) in [5, 5.41) is 3.08. The fourth-order valence-electron chi connectivity index (χ4n) is 1.98. The molecule has 1 aliphatic carbocycles. The largest absolute Gasteiger partial charge is 0.363 e. The van der Waals surface area contributed by atoms with Crippen molar-refractivity contribution < 1.29 is 4.39 Å². The fourth-order valence-corrected chi connectivity index (χ4v) is 1.98. The predicted octanol–water partition coefficient (Wildman–Crippen LogP) is 2.24. The molecule has 0 spiro atoms. The van der Waals surface area contributed by atoms with Gasteiger partial charge in [-0.15, -0.1) is 12.4 Å². The Morgan fingerprint density at radius 3 is 2.81 bits per heavy atom. The maximum Gasteiger partial charge on any atom is 0.165 e. The first-order valence-electron chi connectivity index (χ1n) is 5.31. The maximum absolute atomic E-state index is 13.5. The molecular weight excluding hydrogens is 229 g/mol. The quantitative estimate of drug-likeness (QED) is 0.840. The van der Waals surface area contributed by atoms with E-state index in [9.17, 15) is 4.39 Å². The van der Waals surface area contributed by atoms with Gasteiger partial charge in [-0.1, -0.05) is 0 Å². The lowest BCUT2D eigenvalue weighted by Crippen LogP contribution is -2.35. The van der Waals surface area contributed by atoms with Gasteiger partial charge in [-0.2, -0.15) is 0 Å². The lowest BCUT2D eigenvalue weighted by Gasteiger charge is -2.18. The van der Waals surface area contributed by atoms with Gasteiger partial charge in [0, 0.05) is 18.3 Å². The van der Waals surface area contributed by atoms with Crippen LogP contribution in [0.3, 0.4) is 0 Å². The van der Waals surface area contributed by atoms with Crippen molar-refractivity contribution in [3.63, 3.8) is 0 Å². The van der Waals surface area contributed by atoms with E-state index in [0.717, 1.165) is 24.8 Å². The standard InChI is InChI=1S/C11H16FN3.ClH/c1-7-5-8(12)11(14-6-7)15-10-4-2-3-9(10)13;/h5-6,9-10H,2-4,13H2,1H3,(H,14,15);1H/t9-,10-;/m0./s1. The molecule has 0 radical (unpaired) electrons. The molecule has 1 saturated carbocycles. The summed E-state index contributed by atoms with van der Waals surface area (Å²) in [6, 6.07) is 1.76. The zero-order valence-electron chi connectivity index (χ0n) is 9.24. The van der Waals surface area contributed by atoms with E-state index in [1.165, 1.54) is 6.07 Å². The smallest absolute Gasteiger partial charge is 0.165 e. The zero-order valence-corrected chi connectivity index (χ0v) is 10.1. The zero-order chi connectivity index (χ0) is 10.8. The molecule has 1 heterocycles. The van der Waals surface area contributed by atoms with Crippen LogP contribution in [0.1, 0.15) is 24.8 Å². The predicted molar refractivity (Wildman–Crippen MR) is 65.4 cm³/mol. The number of halogens is 2. The highest BCUT2D eigenvalue weighted by atomic mass is 35.5. The van der Waals surface area contributed by atoms with Crippen molar-refractivity contribution in [2.45, 2.75) is 38.3 Å². The van der Waals surface area contributed by atoms with Gasteiger partial charge in [0.15, 0.2) is 11.6 Å². The van der Waals surface area contributed by atoms with E-state index in [-0.39, 0.29) is 30.3 Å². The second-order valence-corrected chi connectivity index (χ2v) is 4.19. The lowest BCUT2D eigenvalue weighted by molar-refractivity contribution is 0.600. The Morgan fingerprint density at radius 1 is 1.50 bits per heavy atom. The number of nitrogens with one attached hydrogen (secondary N) is 1. The summed E-state index contributed by atoms with van der Waals surface area (Å²) in [7, 11) is 0. The average molecular weight is 246 g/mol. The van der Waals surface area contributed by atoms with Crippen molar-refractivity contribution in [3.05, 3.63) is 23.6 Å². The molecule has 1 fully saturated rings. The minimum atomic E-state index is -0.297. The molecule has 0 aliphatic heterocycles. The van der Waals surface area contributed by atoms with Crippen molar-refractivity contribution in [1.29, 1.82) is 0 Å². The second-order valence-electron chi connectivity index (χ2n) is 4.19. The Morgan fingerprint density at radius 2 is 2.25 bits per heavy atom. The monoisotopic (exact) mass is 245 g/mol. The third-order valence-electron chi connectivity index (χ3n) is 2.87. The highest BCUT2D eigenvalue weighted by Gasteiger charge is 2.24. The van der Waals surface area contributed by atoms with E-state index in [0.29, 0.717) is 5.82 Å². The SMILES string of the molecule is Cc1cnc(N[C@H]2CCC[C@@H]2N)c(F)c1.Cl. The molecule has 0 unspecified atom stereocenters. The number of hydrogen-bond acceptors (Lipinski definition) is 3. The van der Waals surface area contributed by atoms with Gasteiger partial charge in [0.05, 0.1) is 0 Å². The van der Waals surface area contributed by atoms with Crippen molar-refractivity contribution in [1.82, 2.24) is 4.98 Å². The summed E-state index contributed by atoms with van der Waals surface area (Å²) in [5.41, 5.74) is 6.72. The minimum absolute atomic E-state index is 0. The number of hydrogen-bond donors (Lipinski definition) is 2. The Hall–Kier alpha value is -0.870. The van der Waals surface area contributed by atoms with Crippen LogP contribution in [-0.2, 0) is 0 Å². The number of anilines is 1. The first-order chi connectivity index (χ1) is 7.16. The van der Waals surface area contributed by atoms with E-state index in [4.69, 9.17) is 5.73 Å². The van der Waals surface area contributed by atoms with Crippen molar-refractivity contribution in [2.24, 2.45) is 5.73 Å². The summed E-state index contributed by atoms with van der Waals surface area (Å²) in [6.45, 7) is 1.82. The summed E-state index contributed by atoms with van der Waals surface area (Å²) in [4.78, 5) is 4.03. The molecule has 3 N–H and O–H groups in total. The molecule has 90 valence electrons. The maximum atomic E-state index is 13.5. The summed E-state index contributed by atoms with van der Waals surface area (Å²) >= 11 is 0. The van der Waals surface area contributed by atoms with Crippen LogP contribution in [0.25, 0.3) is 0 Å². The van der Waals surface area contributed by atoms with Gasteiger partial charge in [0.25, 0.3) is 0 Å². The van der Waals surface area contributed by atoms with Gasteiger partial charge in [-0.25, -0.2) is 9.37 Å². The molecule has 2 atom stereocenters. The van der Waals surface area contributed by atoms with Crippen molar-refractivity contribution in [2.75, 3.05) is 5.32 Å². The first kappa shape index (κ1) is 13.2. The van der Waals surface area contributed by atoms with Crippen molar-refractivity contribution in [3.8, 4) is 0 Å². The number of nitrogens with two attached hydrogens (primary N) is 1. The average Bonchev–Trinajstić information content (AvgIpc) is 2.57. The van der Waals surface area contributed by atoms with Crippen molar-refractivity contribution >= 4 is 18.2 Å². The highest BCUT2D eigenvalue weighted by Crippen LogP contribution is 2.22. The van der Waals surface area contributed by atoms with E-state index >= 15 is 0 Å². The van der Waals surface area contributed by atoms with Crippen LogP contribution in [0.2, 0.25) is 0 Å². The topological polar surface area (TPSA) is 50.9 Å². The molecule has 0 amide bonds. The molecule has 3 nitrogen and oxygen atoms in total. The number of aromatic nitrogens is 1. The van der Waals surface area contributed by atoms with Crippen LogP contribution in [0.15, 0.2) is 12.3 Å². The molecule has 16 heavy (non-hydrogen) atoms. The minimum Gasteiger partial charge on any atom is -0.363 e. The van der Waals surface area contributed by atoms with Crippen LogP contribution in [0.4, 0.5) is 10.2 Å². The second kappa shape index (κ2) is 5.46. The Balaban J connectivity index is 0.00000128. The molecule has 0 saturated heterocycles. The molecule has 1 aliphatic rings. The summed E-state index contributed by atoms with van der Waals surface area (Å²) in [5.74, 6) is 0.0250. The highest BCUT2D eigenvalue weighted by molar-refractivity contribution is 5.85. The molecular formula is C11H17ClFN3. The van der Waals surface area contributed by atoms with Gasteiger partial charge in [0.2, 0.25) is 0 Å². The molecule has 2 rings (SSSR count). The Labute approximate surface area is 101 Å². The fraction of sp³-hybridized carbons (Fsp3) is 0.545. The van der Waals surface area contributed by atoms with Crippen LogP contribution >= 0.6 is 12.4 Å². The van der Waals surface area contributed by atoms with Crippen LogP contribution in [0.5, 0.6) is 0 Å². The summed E-state index contributed by atoms with van der Waals surface area (Å²) in [6.07, 6.45) is 4.76. The lowest BCUT2D eigenvalue weighted by atomic mass is 10.2. The van der Waals surface area contributed by atoms with Gasteiger partial charge < -0.3 is 11.1 Å². The molecule has 1 aromatic heterocycles. The molecule has 0 aromatic carbocycles. The van der Waals surface area contributed by atoms with Crippen LogP contribution < -0.4 is 11.1 Å². The number of pyridine rings is 1. The van der Waals surface area contributed by atoms with Gasteiger partial charge in [-0.05, 0) is 37.8 Å². The number of aryl methyl sites for hydroxylation is 1. The number of nitrogens with zero attached hydrogens (tertiary/aromatic N) is 1. The van der Waals surface area contributed by atoms with Crippen LogP contribution in [-0.4, -0.2) is 17.1 Å². The molecule has 5 heteroatoms. The van der Waals surface area contributed by atoms with Gasteiger partial charge >= 0.3 is 0 Å². The van der Waals surface area contributed by atoms with E-state index in [1.54, 1.807) is 6.20 Å². The van der Waals surface area contributed by atoms with E-state index in [1.807, 2.05) is 6.92 Å². The van der Waals surface area contributed by atoms with Crippen LogP contribution in [0, 0.1) is 12.7 Å². The van der Waals surface area contributed by atoms with Gasteiger partial charge in [0.1, 0.15) is 0 Å². The van der Waals surface area contributed by atoms with E-state index in [2.05, 4.69) is 10.3 Å². The first-order valence-corrected chi connectivity index (χ1v) is 5.31. The van der Waals surface area contributed by atoms with Gasteiger partial charge in [-0.3, -0.25) is 0 Å². The number of rotatable bonds is 2. The van der Waals surface area contributed by atoms with E-state index < -0.39 is 0 Å². The Bertz CT molecular complexity index is 359. The molecule has 1 aromatic rings. The summed E-state index contributed by atoms with van der Waals surface area (Å²) < 4.78 is 13.5.